The lowest BCUT2D eigenvalue weighted by Crippen LogP contribution is -2.08. The minimum absolute atomic E-state index is 0.329. The first-order valence-electron chi connectivity index (χ1n) is 6.83. The molecule has 4 heteroatoms. The molecule has 1 aromatic heterocycles. The van der Waals surface area contributed by atoms with E-state index in [1.165, 1.54) is 0 Å². The van der Waals surface area contributed by atoms with E-state index in [-0.39, 0.29) is 0 Å². The minimum atomic E-state index is -0.449. The molecule has 4 nitrogen and oxygen atoms in total. The van der Waals surface area contributed by atoms with Gasteiger partial charge < -0.3 is 9.84 Å². The highest BCUT2D eigenvalue weighted by Crippen LogP contribution is 2.25. The molecule has 1 N–H and O–H groups in total. The molecule has 19 heavy (non-hydrogen) atoms. The first-order valence-corrected chi connectivity index (χ1v) is 6.83. The van der Waals surface area contributed by atoms with Crippen LogP contribution in [-0.2, 0) is 4.74 Å². The predicted octanol–water partition coefficient (Wildman–Crippen LogP) is 2.62. The fourth-order valence-electron chi connectivity index (χ4n) is 2.57. The number of ether oxygens (including phenoxy) is 1. The number of aliphatic hydroxyl groups is 1. The Morgan fingerprint density at radius 1 is 1.26 bits per heavy atom. The van der Waals surface area contributed by atoms with Crippen LogP contribution in [0.25, 0.3) is 11.0 Å². The fraction of sp³-hybridized carbons (Fsp3) is 0.467. The Labute approximate surface area is 112 Å². The van der Waals surface area contributed by atoms with E-state index in [4.69, 9.17) is 4.74 Å². The molecule has 0 amide bonds. The molecule has 3 rings (SSSR count). The van der Waals surface area contributed by atoms with Crippen molar-refractivity contribution in [1.82, 2.24) is 9.97 Å². The maximum Gasteiger partial charge on any atom is 0.0890 e. The average Bonchev–Trinajstić information content (AvgIpc) is 2.97. The summed E-state index contributed by atoms with van der Waals surface area (Å²) in [5.41, 5.74) is 2.60. The number of rotatable bonds is 4. The van der Waals surface area contributed by atoms with Crippen LogP contribution in [0.5, 0.6) is 0 Å². The van der Waals surface area contributed by atoms with Crippen LogP contribution in [-0.4, -0.2) is 27.8 Å². The molecule has 100 valence electrons. The fourth-order valence-corrected chi connectivity index (χ4v) is 2.57. The van der Waals surface area contributed by atoms with Gasteiger partial charge in [-0.3, -0.25) is 9.97 Å². The summed E-state index contributed by atoms with van der Waals surface area (Å²) >= 11 is 0. The third-order valence-electron chi connectivity index (χ3n) is 3.66. The Kier molecular flexibility index (Phi) is 3.71. The average molecular weight is 258 g/mol. The van der Waals surface area contributed by atoms with E-state index in [0.717, 1.165) is 48.9 Å². The van der Waals surface area contributed by atoms with E-state index in [2.05, 4.69) is 9.97 Å². The van der Waals surface area contributed by atoms with Gasteiger partial charge in [-0.1, -0.05) is 6.07 Å². The van der Waals surface area contributed by atoms with Crippen molar-refractivity contribution in [2.75, 3.05) is 6.61 Å². The quantitative estimate of drug-likeness (QED) is 0.916. The molecular formula is C15H18N2O2. The molecule has 2 unspecified atom stereocenters. The molecule has 1 saturated heterocycles. The first-order chi connectivity index (χ1) is 9.33. The summed E-state index contributed by atoms with van der Waals surface area (Å²) in [6, 6.07) is 5.76. The van der Waals surface area contributed by atoms with Gasteiger partial charge in [0.1, 0.15) is 0 Å². The lowest BCUT2D eigenvalue weighted by Gasteiger charge is -2.14. The van der Waals surface area contributed by atoms with Gasteiger partial charge in [0.25, 0.3) is 0 Å². The molecule has 1 fully saturated rings. The smallest absolute Gasteiger partial charge is 0.0890 e. The van der Waals surface area contributed by atoms with Crippen LogP contribution >= 0.6 is 0 Å². The number of hydrogen-bond acceptors (Lipinski definition) is 4. The van der Waals surface area contributed by atoms with Crippen molar-refractivity contribution < 1.29 is 9.84 Å². The molecule has 2 atom stereocenters. The summed E-state index contributed by atoms with van der Waals surface area (Å²) in [5.74, 6) is 0. The first kappa shape index (κ1) is 12.5. The van der Waals surface area contributed by atoms with Crippen molar-refractivity contribution >= 4 is 11.0 Å². The summed E-state index contributed by atoms with van der Waals surface area (Å²) < 4.78 is 5.58. The van der Waals surface area contributed by atoms with Gasteiger partial charge in [-0.25, -0.2) is 0 Å². The summed E-state index contributed by atoms with van der Waals surface area (Å²) in [6.45, 7) is 0.867. The number of nitrogens with zero attached hydrogens (tertiary/aromatic N) is 2. The Balaban J connectivity index is 1.68. The normalized spacial score (nSPS) is 20.8. The topological polar surface area (TPSA) is 55.2 Å². The Morgan fingerprint density at radius 2 is 2.11 bits per heavy atom. The van der Waals surface area contributed by atoms with Crippen molar-refractivity contribution in [2.24, 2.45) is 0 Å². The van der Waals surface area contributed by atoms with Crippen LogP contribution in [0, 0.1) is 0 Å². The van der Waals surface area contributed by atoms with Gasteiger partial charge >= 0.3 is 0 Å². The van der Waals surface area contributed by atoms with Crippen LogP contribution in [0.3, 0.4) is 0 Å². The van der Waals surface area contributed by atoms with Gasteiger partial charge in [-0.15, -0.1) is 0 Å². The second kappa shape index (κ2) is 5.63. The molecule has 2 heterocycles. The van der Waals surface area contributed by atoms with E-state index in [0.29, 0.717) is 6.10 Å². The third kappa shape index (κ3) is 2.91. The maximum atomic E-state index is 10.2. The van der Waals surface area contributed by atoms with Crippen molar-refractivity contribution in [1.29, 1.82) is 0 Å². The highest BCUT2D eigenvalue weighted by Gasteiger charge is 2.17. The van der Waals surface area contributed by atoms with Crippen LogP contribution in [0.2, 0.25) is 0 Å². The van der Waals surface area contributed by atoms with Gasteiger partial charge in [0.05, 0.1) is 23.2 Å². The zero-order valence-electron chi connectivity index (χ0n) is 10.8. The Bertz CT molecular complexity index is 553. The number of hydrogen-bond donors (Lipinski definition) is 1. The number of benzene rings is 1. The van der Waals surface area contributed by atoms with E-state index in [1.54, 1.807) is 12.4 Å². The molecule has 1 aromatic carbocycles. The Hall–Kier alpha value is -1.52. The Morgan fingerprint density at radius 3 is 2.89 bits per heavy atom. The maximum absolute atomic E-state index is 10.2. The summed E-state index contributed by atoms with van der Waals surface area (Å²) in [5, 5.41) is 10.2. The lowest BCUT2D eigenvalue weighted by molar-refractivity contribution is 0.0812. The van der Waals surface area contributed by atoms with Crippen molar-refractivity contribution in [3.63, 3.8) is 0 Å². The third-order valence-corrected chi connectivity index (χ3v) is 3.66. The molecular weight excluding hydrogens is 240 g/mol. The van der Waals surface area contributed by atoms with Crippen LogP contribution in [0.1, 0.15) is 37.4 Å². The second-order valence-corrected chi connectivity index (χ2v) is 5.03. The van der Waals surface area contributed by atoms with Gasteiger partial charge in [0, 0.05) is 19.0 Å². The van der Waals surface area contributed by atoms with Crippen LogP contribution < -0.4 is 0 Å². The number of fused-ring (bicyclic) bond motifs is 1. The highest BCUT2D eigenvalue weighted by molar-refractivity contribution is 5.74. The van der Waals surface area contributed by atoms with Crippen LogP contribution in [0.15, 0.2) is 30.6 Å². The van der Waals surface area contributed by atoms with Gasteiger partial charge in [0.2, 0.25) is 0 Å². The van der Waals surface area contributed by atoms with Crippen molar-refractivity contribution in [3.05, 3.63) is 36.2 Å². The van der Waals surface area contributed by atoms with Gasteiger partial charge in [-0.05, 0) is 43.4 Å². The molecule has 0 spiro atoms. The molecule has 0 saturated carbocycles. The standard InChI is InChI=1S/C15H18N2O2/c18-15(6-4-12-2-1-9-19-12)11-3-5-13-14(10-11)17-8-7-16-13/h3,5,7-8,10,12,15,18H,1-2,4,6,9H2. The van der Waals surface area contributed by atoms with Crippen molar-refractivity contribution in [2.45, 2.75) is 37.9 Å². The molecule has 0 aliphatic carbocycles. The molecule has 2 aromatic rings. The lowest BCUT2D eigenvalue weighted by atomic mass is 10.0. The number of aromatic nitrogens is 2. The number of aliphatic hydroxyl groups excluding tert-OH is 1. The van der Waals surface area contributed by atoms with Gasteiger partial charge in [0.15, 0.2) is 0 Å². The predicted molar refractivity (Wildman–Crippen MR) is 72.7 cm³/mol. The second-order valence-electron chi connectivity index (χ2n) is 5.03. The SMILES string of the molecule is OC(CCC1CCCO1)c1ccc2nccnc2c1. The zero-order chi connectivity index (χ0) is 13.1. The molecule has 1 aliphatic rings. The largest absolute Gasteiger partial charge is 0.388 e. The van der Waals surface area contributed by atoms with Gasteiger partial charge in [-0.2, -0.15) is 0 Å². The minimum Gasteiger partial charge on any atom is -0.388 e. The molecule has 1 aliphatic heterocycles. The monoisotopic (exact) mass is 258 g/mol. The zero-order valence-corrected chi connectivity index (χ0v) is 10.8. The highest BCUT2D eigenvalue weighted by atomic mass is 16.5. The summed E-state index contributed by atoms with van der Waals surface area (Å²) in [7, 11) is 0. The van der Waals surface area contributed by atoms with E-state index >= 15 is 0 Å². The summed E-state index contributed by atoms with van der Waals surface area (Å²) in [6.07, 6.45) is 7.14. The summed E-state index contributed by atoms with van der Waals surface area (Å²) in [4.78, 5) is 8.49. The molecule has 0 radical (unpaired) electrons. The van der Waals surface area contributed by atoms with E-state index < -0.39 is 6.10 Å². The van der Waals surface area contributed by atoms with E-state index in [9.17, 15) is 5.11 Å². The van der Waals surface area contributed by atoms with E-state index in [1.807, 2.05) is 18.2 Å². The molecule has 0 bridgehead atoms. The van der Waals surface area contributed by atoms with Crippen molar-refractivity contribution in [3.8, 4) is 0 Å². The van der Waals surface area contributed by atoms with Crippen LogP contribution in [0.4, 0.5) is 0 Å².